The molecule has 0 aromatic carbocycles. The molecule has 0 radical (unpaired) electrons. The number of rotatable bonds is 15. The van der Waals surface area contributed by atoms with E-state index in [1.165, 1.54) is 10.9 Å². The minimum Gasteiger partial charge on any atom is -0.397 e. The smallest absolute Gasteiger partial charge is 0.397 e. The van der Waals surface area contributed by atoms with Gasteiger partial charge in [-0.2, -0.15) is 13.6 Å². The number of methoxy groups -OCH3 is 1. The van der Waals surface area contributed by atoms with Gasteiger partial charge in [-0.15, -0.1) is 0 Å². The van der Waals surface area contributed by atoms with E-state index >= 15 is 0 Å². The Morgan fingerprint density at radius 1 is 0.860 bits per heavy atom. The normalized spacial score (nSPS) is 31.4. The van der Waals surface area contributed by atoms with Crippen LogP contribution in [0.3, 0.4) is 0 Å². The lowest BCUT2D eigenvalue weighted by Crippen LogP contribution is -2.38. The van der Waals surface area contributed by atoms with Gasteiger partial charge in [0, 0.05) is 13.3 Å². The Morgan fingerprint density at radius 3 is 2.23 bits per heavy atom. The molecule has 2 fully saturated rings. The maximum Gasteiger partial charge on any atom is 0.490 e. The molecule has 316 valence electrons. The average molecular weight is 893 g/mol. The van der Waals surface area contributed by atoms with E-state index in [0.29, 0.717) is 12.8 Å². The number of anilines is 1. The summed E-state index contributed by atoms with van der Waals surface area (Å²) in [6.07, 6.45) is -6.30. The Kier molecular flexibility index (Phi) is 12.6. The molecule has 6 rings (SSSR count). The summed E-state index contributed by atoms with van der Waals surface area (Å²) in [5.74, 6) is -0.166. The summed E-state index contributed by atoms with van der Waals surface area (Å²) in [5, 5.41) is 21.5. The second-order valence-electron chi connectivity index (χ2n) is 12.2. The van der Waals surface area contributed by atoms with Crippen LogP contribution in [0.5, 0.6) is 0 Å². The number of nitrogens with zero attached hydrogens (tertiary/aromatic N) is 6. The van der Waals surface area contributed by atoms with Crippen LogP contribution in [0.2, 0.25) is 0 Å². The van der Waals surface area contributed by atoms with Gasteiger partial charge in [0.15, 0.2) is 29.4 Å². The first-order chi connectivity index (χ1) is 26.6. The number of hydrogen-bond acceptors (Lipinski definition) is 21. The number of aromatic amines is 1. The molecular formula is C24H35N9O20P4. The molecule has 0 bridgehead atoms. The van der Waals surface area contributed by atoms with E-state index in [1.807, 2.05) is 0 Å². The first kappa shape index (κ1) is 43.5. The third kappa shape index (κ3) is 9.86. The van der Waals surface area contributed by atoms with Gasteiger partial charge in [-0.3, -0.25) is 32.5 Å². The fraction of sp³-hybridized carbons (Fsp3) is 0.542. The van der Waals surface area contributed by atoms with E-state index in [0.717, 1.165) is 18.0 Å². The molecule has 0 saturated carbocycles. The summed E-state index contributed by atoms with van der Waals surface area (Å²) in [6.45, 7) is -2.10. The van der Waals surface area contributed by atoms with Crippen molar-refractivity contribution >= 4 is 66.1 Å². The largest absolute Gasteiger partial charge is 0.490 e. The second-order valence-corrected chi connectivity index (χ2v) is 18.0. The maximum atomic E-state index is 13.5. The number of nitrogens with one attached hydrogen (secondary N) is 1. The van der Waals surface area contributed by atoms with Crippen molar-refractivity contribution < 1.29 is 89.3 Å². The van der Waals surface area contributed by atoms with Gasteiger partial charge in [0.25, 0.3) is 5.56 Å². The highest BCUT2D eigenvalue weighted by Gasteiger charge is 2.53. The molecule has 0 amide bonds. The fourth-order valence-electron chi connectivity index (χ4n) is 5.93. The van der Waals surface area contributed by atoms with Crippen LogP contribution in [0, 0.1) is 0 Å². The number of H-pyrrole nitrogens is 1. The summed E-state index contributed by atoms with van der Waals surface area (Å²) >= 11 is 0. The van der Waals surface area contributed by atoms with E-state index in [1.54, 1.807) is 12.3 Å². The predicted octanol–water partition coefficient (Wildman–Crippen LogP) is -1.23. The molecule has 3 aromatic heterocycles. The summed E-state index contributed by atoms with van der Waals surface area (Å²) in [5.41, 5.74) is 11.2. The van der Waals surface area contributed by atoms with Crippen molar-refractivity contribution in [2.75, 3.05) is 26.1 Å². The number of aromatic nitrogens is 6. The molecule has 6 heterocycles. The second kappa shape index (κ2) is 16.5. The molecule has 57 heavy (non-hydrogen) atoms. The van der Waals surface area contributed by atoms with Gasteiger partial charge in [0.1, 0.15) is 42.3 Å². The molecule has 0 aliphatic carbocycles. The topological polar surface area (TPSA) is 430 Å². The number of hydrogen-bond donors (Lipinski definition) is 10. The number of aliphatic imine (C=N–C) groups is 1. The van der Waals surface area contributed by atoms with Crippen LogP contribution in [0.25, 0.3) is 16.9 Å². The summed E-state index contributed by atoms with van der Waals surface area (Å²) < 4.78 is 91.3. The van der Waals surface area contributed by atoms with Crippen molar-refractivity contribution in [2.45, 2.75) is 61.9 Å². The van der Waals surface area contributed by atoms with Crippen LogP contribution in [-0.2, 0) is 54.7 Å². The number of allylic oxidation sites excluding steroid dienone is 1. The molecule has 4 unspecified atom stereocenters. The number of aliphatic hydroxyl groups excluding tert-OH is 2. The molecule has 33 heteroatoms. The zero-order chi connectivity index (χ0) is 41.7. The molecule has 2 saturated heterocycles. The number of phosphoric ester groups is 2. The monoisotopic (exact) mass is 893 g/mol. The Labute approximate surface area is 317 Å². The van der Waals surface area contributed by atoms with Gasteiger partial charge in [0.05, 0.1) is 31.6 Å². The quantitative estimate of drug-likeness (QED) is 0.0799. The molecule has 12 N–H and O–H groups in total. The molecule has 3 aromatic rings. The van der Waals surface area contributed by atoms with Crippen LogP contribution in [0.4, 0.5) is 11.8 Å². The van der Waals surface area contributed by atoms with Crippen LogP contribution in [-0.4, -0.2) is 127 Å². The van der Waals surface area contributed by atoms with Crippen LogP contribution in [0.15, 0.2) is 28.5 Å². The molecule has 11 atom stereocenters. The third-order valence-corrected chi connectivity index (χ3v) is 13.1. The third-order valence-electron chi connectivity index (χ3n) is 8.28. The summed E-state index contributed by atoms with van der Waals surface area (Å²) in [4.78, 5) is 79.2. The summed E-state index contributed by atoms with van der Waals surface area (Å²) in [7, 11) is -21.6. The average Bonchev–Trinajstić information content (AvgIpc) is 3.84. The van der Waals surface area contributed by atoms with Gasteiger partial charge in [0.2, 0.25) is 5.95 Å². The Balaban J connectivity index is 1.22. The molecule has 29 nitrogen and oxygen atoms in total. The van der Waals surface area contributed by atoms with Crippen molar-refractivity contribution in [3.63, 3.8) is 0 Å². The highest BCUT2D eigenvalue weighted by Crippen LogP contribution is 2.66. The predicted molar refractivity (Wildman–Crippen MR) is 185 cm³/mol. The molecule has 3 aliphatic rings. The molecule has 3 aliphatic heterocycles. The zero-order valence-corrected chi connectivity index (χ0v) is 32.4. The van der Waals surface area contributed by atoms with Gasteiger partial charge in [-0.1, -0.05) is 6.08 Å². The minimum atomic E-state index is -5.94. The Morgan fingerprint density at radius 2 is 1.53 bits per heavy atom. The van der Waals surface area contributed by atoms with Crippen LogP contribution >= 0.6 is 31.3 Å². The van der Waals surface area contributed by atoms with E-state index in [-0.39, 0.29) is 34.3 Å². The minimum absolute atomic E-state index is 0.122. The molecular weight excluding hydrogens is 858 g/mol. The fourth-order valence-corrected chi connectivity index (χ4v) is 9.92. The van der Waals surface area contributed by atoms with Crippen LogP contribution in [0.1, 0.15) is 31.0 Å². The van der Waals surface area contributed by atoms with E-state index in [2.05, 4.69) is 33.5 Å². The highest BCUT2D eigenvalue weighted by atomic mass is 31.3. The van der Waals surface area contributed by atoms with Crippen molar-refractivity contribution in [3.05, 3.63) is 34.8 Å². The SMILES string of the molecule is CO[C@@H]1[C@H](OP(=O)(O)OC[C@H]2O[C@@H](n3cnc4c(=O)[nH]c(N)nc43)[C@H](O)[C@@H]2O)C(COP(=O)(O)OP(=O)(O)OP(=O)(O)O)O[C@H]1n1cnc2c1/N=C\CC/C=C\2N. The number of nitrogen functional groups attached to an aromatic ring is 1. The number of phosphoric acid groups is 4. The molecule has 0 spiro atoms. The number of nitrogens with two attached hydrogens (primary N) is 2. The van der Waals surface area contributed by atoms with Gasteiger partial charge in [-0.05, 0) is 12.8 Å². The zero-order valence-electron chi connectivity index (χ0n) is 28.8. The van der Waals surface area contributed by atoms with Gasteiger partial charge in [-0.25, -0.2) is 33.2 Å². The lowest BCUT2D eigenvalue weighted by atomic mass is 10.1. The van der Waals surface area contributed by atoms with E-state index in [9.17, 15) is 47.9 Å². The van der Waals surface area contributed by atoms with Crippen molar-refractivity contribution in [1.29, 1.82) is 0 Å². The number of imidazole rings is 2. The van der Waals surface area contributed by atoms with Crippen molar-refractivity contribution in [3.8, 4) is 0 Å². The first-order valence-corrected chi connectivity index (χ1v) is 22.0. The van der Waals surface area contributed by atoms with Gasteiger partial charge < -0.3 is 60.4 Å². The first-order valence-electron chi connectivity index (χ1n) is 16.0. The lowest BCUT2D eigenvalue weighted by molar-refractivity contribution is -0.0587. The van der Waals surface area contributed by atoms with Crippen molar-refractivity contribution in [2.24, 2.45) is 10.7 Å². The lowest BCUT2D eigenvalue weighted by Gasteiger charge is -2.26. The van der Waals surface area contributed by atoms with E-state index in [4.69, 9.17) is 49.0 Å². The van der Waals surface area contributed by atoms with Crippen LogP contribution < -0.4 is 17.0 Å². The maximum absolute atomic E-state index is 13.5. The number of fused-ring (bicyclic) bond motifs is 2. The standard InChI is InChI=1S/C24H35N9O20P4/c1-46-18-17(51-55(40,41)47-6-11-15(34)16(35)22(49-11)33-9-29-14-20(33)30-24(26)31-21(14)36)12(7-48-56(42,43)53-57(44,45)52-54(37,38)39)50-23(18)32-8-28-13-10(25)4-2-3-5-27-19(13)32/h4-5,8-9,11-12,15-18,22-23,34-35H,2-3,6-7,25H2,1H3,(H,40,41)(H,42,43)(H,44,45)(H2,37,38,39)(H3,26,30,31,36)/b10-4+,27-5-/t11-,12?,15-,16-,17-,18-,22-,23-/m1/s1. The van der Waals surface area contributed by atoms with E-state index < -0.39 is 99.1 Å². The Hall–Kier alpha value is -3.11. The highest BCUT2D eigenvalue weighted by molar-refractivity contribution is 7.66. The van der Waals surface area contributed by atoms with Gasteiger partial charge >= 0.3 is 31.3 Å². The number of ether oxygens (including phenoxy) is 3. The summed E-state index contributed by atoms with van der Waals surface area (Å²) in [6, 6.07) is 0. The van der Waals surface area contributed by atoms with Crippen molar-refractivity contribution in [1.82, 2.24) is 29.1 Å². The Bertz CT molecular complexity index is 2290. The number of aliphatic hydroxyl groups is 2.